The van der Waals surface area contributed by atoms with Crippen molar-refractivity contribution in [1.82, 2.24) is 0 Å². The highest BCUT2D eigenvalue weighted by molar-refractivity contribution is 9.10. The van der Waals surface area contributed by atoms with E-state index < -0.39 is 11.6 Å². The Labute approximate surface area is 128 Å². The minimum absolute atomic E-state index is 0.0556. The van der Waals surface area contributed by atoms with Crippen LogP contribution < -0.4 is 5.32 Å². The molecular weight excluding hydrogens is 344 g/mol. The molecule has 0 aliphatic carbocycles. The summed E-state index contributed by atoms with van der Waals surface area (Å²) in [6.45, 7) is 0. The quantitative estimate of drug-likeness (QED) is 0.776. The summed E-state index contributed by atoms with van der Waals surface area (Å²) in [7, 11) is 0. The molecule has 0 saturated carbocycles. The number of thioether (sulfide) groups is 1. The summed E-state index contributed by atoms with van der Waals surface area (Å²) in [4.78, 5) is 1.18. The van der Waals surface area contributed by atoms with Gasteiger partial charge in [-0.05, 0) is 30.2 Å². The van der Waals surface area contributed by atoms with E-state index in [1.807, 2.05) is 24.3 Å². The molecule has 0 aromatic heterocycles. The van der Waals surface area contributed by atoms with Crippen molar-refractivity contribution in [2.75, 3.05) is 11.1 Å². The molecule has 1 heterocycles. The van der Waals surface area contributed by atoms with Gasteiger partial charge in [0.1, 0.15) is 17.3 Å². The van der Waals surface area contributed by atoms with Crippen LogP contribution in [0.5, 0.6) is 0 Å². The average Bonchev–Trinajstić information content (AvgIpc) is 2.43. The summed E-state index contributed by atoms with van der Waals surface area (Å²) in [5, 5.41) is 3.02. The normalized spacial score (nSPS) is 17.6. The van der Waals surface area contributed by atoms with E-state index in [1.165, 1.54) is 17.0 Å². The fourth-order valence-corrected chi connectivity index (χ4v) is 3.87. The first-order chi connectivity index (χ1) is 9.65. The number of halogens is 3. The van der Waals surface area contributed by atoms with Crippen molar-refractivity contribution in [3.05, 3.63) is 58.1 Å². The standard InChI is InChI=1S/C15H12BrF2NS/c16-9-7-11(17)15(12(18)8-9)19-13-5-6-20-14-4-2-1-3-10(13)14/h1-4,7-8,13,19H,5-6H2. The van der Waals surface area contributed by atoms with Gasteiger partial charge in [0.2, 0.25) is 0 Å². The number of benzene rings is 2. The number of fused-ring (bicyclic) bond motifs is 1. The number of anilines is 1. The molecular formula is C15H12BrF2NS. The second kappa shape index (κ2) is 5.74. The minimum atomic E-state index is -0.576. The van der Waals surface area contributed by atoms with Gasteiger partial charge in [0, 0.05) is 15.1 Å². The molecule has 0 radical (unpaired) electrons. The smallest absolute Gasteiger partial charge is 0.150 e. The molecule has 0 amide bonds. The van der Waals surface area contributed by atoms with Crippen molar-refractivity contribution in [2.24, 2.45) is 0 Å². The zero-order valence-electron chi connectivity index (χ0n) is 10.5. The zero-order valence-corrected chi connectivity index (χ0v) is 12.9. The van der Waals surface area contributed by atoms with Crippen molar-refractivity contribution in [1.29, 1.82) is 0 Å². The molecule has 20 heavy (non-hydrogen) atoms. The Kier molecular flexibility index (Phi) is 3.98. The second-order valence-electron chi connectivity index (χ2n) is 4.62. The summed E-state index contributed by atoms with van der Waals surface area (Å²) in [6, 6.07) is 10.5. The van der Waals surface area contributed by atoms with Crippen molar-refractivity contribution < 1.29 is 8.78 Å². The van der Waals surface area contributed by atoms with Crippen molar-refractivity contribution in [3.8, 4) is 0 Å². The lowest BCUT2D eigenvalue weighted by atomic mass is 10.0. The minimum Gasteiger partial charge on any atom is -0.373 e. The molecule has 1 aliphatic heterocycles. The predicted octanol–water partition coefficient (Wildman–Crippen LogP) is 5.38. The Bertz CT molecular complexity index is 625. The summed E-state index contributed by atoms with van der Waals surface area (Å²) < 4.78 is 28.2. The average molecular weight is 356 g/mol. The van der Waals surface area contributed by atoms with Crippen molar-refractivity contribution >= 4 is 33.4 Å². The first-order valence-corrected chi connectivity index (χ1v) is 8.06. The highest BCUT2D eigenvalue weighted by atomic mass is 79.9. The molecule has 2 aromatic carbocycles. The van der Waals surface area contributed by atoms with Crippen LogP contribution in [0.3, 0.4) is 0 Å². The molecule has 1 unspecified atom stereocenters. The van der Waals surface area contributed by atoms with Crippen LogP contribution in [0.1, 0.15) is 18.0 Å². The van der Waals surface area contributed by atoms with Crippen LogP contribution in [0.4, 0.5) is 14.5 Å². The highest BCUT2D eigenvalue weighted by Gasteiger charge is 2.22. The van der Waals surface area contributed by atoms with Crippen LogP contribution in [-0.4, -0.2) is 5.75 Å². The monoisotopic (exact) mass is 355 g/mol. The summed E-state index contributed by atoms with van der Waals surface area (Å²) >= 11 is 4.87. The third-order valence-electron chi connectivity index (χ3n) is 3.28. The van der Waals surface area contributed by atoms with E-state index in [0.29, 0.717) is 4.47 Å². The van der Waals surface area contributed by atoms with E-state index in [0.717, 1.165) is 17.7 Å². The zero-order chi connectivity index (χ0) is 14.1. The largest absolute Gasteiger partial charge is 0.373 e. The lowest BCUT2D eigenvalue weighted by Crippen LogP contribution is -2.17. The fraction of sp³-hybridized carbons (Fsp3) is 0.200. The molecule has 1 aliphatic rings. The SMILES string of the molecule is Fc1cc(Br)cc(F)c1NC1CCSc2ccccc21. The van der Waals surface area contributed by atoms with Gasteiger partial charge in [-0.25, -0.2) is 8.78 Å². The van der Waals surface area contributed by atoms with Gasteiger partial charge in [0.15, 0.2) is 0 Å². The highest BCUT2D eigenvalue weighted by Crippen LogP contribution is 2.38. The molecule has 1 atom stereocenters. The lowest BCUT2D eigenvalue weighted by molar-refractivity contribution is 0.578. The van der Waals surface area contributed by atoms with Crippen LogP contribution in [0.15, 0.2) is 45.8 Å². The van der Waals surface area contributed by atoms with E-state index in [-0.39, 0.29) is 11.7 Å². The number of hydrogen-bond acceptors (Lipinski definition) is 2. The van der Waals surface area contributed by atoms with Crippen LogP contribution in [0.2, 0.25) is 0 Å². The van der Waals surface area contributed by atoms with E-state index in [9.17, 15) is 8.78 Å². The fourth-order valence-electron chi connectivity index (χ4n) is 2.35. The molecule has 5 heteroatoms. The van der Waals surface area contributed by atoms with Gasteiger partial charge in [0.05, 0.1) is 6.04 Å². The van der Waals surface area contributed by atoms with Crippen molar-refractivity contribution in [2.45, 2.75) is 17.4 Å². The Morgan fingerprint density at radius 2 is 1.85 bits per heavy atom. The summed E-state index contributed by atoms with van der Waals surface area (Å²) in [6.07, 6.45) is 0.844. The summed E-state index contributed by atoms with van der Waals surface area (Å²) in [5.41, 5.74) is 1.05. The maximum atomic E-state index is 13.9. The van der Waals surface area contributed by atoms with Crippen LogP contribution in [-0.2, 0) is 0 Å². The predicted molar refractivity (Wildman–Crippen MR) is 82.2 cm³/mol. The van der Waals surface area contributed by atoms with Gasteiger partial charge in [-0.3, -0.25) is 0 Å². The Morgan fingerprint density at radius 3 is 2.60 bits per heavy atom. The molecule has 1 nitrogen and oxygen atoms in total. The molecule has 2 aromatic rings. The molecule has 0 bridgehead atoms. The Balaban J connectivity index is 1.94. The van der Waals surface area contributed by atoms with Gasteiger partial charge in [-0.1, -0.05) is 34.1 Å². The van der Waals surface area contributed by atoms with Gasteiger partial charge < -0.3 is 5.32 Å². The van der Waals surface area contributed by atoms with Gasteiger partial charge >= 0.3 is 0 Å². The molecule has 0 fully saturated rings. The van der Waals surface area contributed by atoms with Gasteiger partial charge in [0.25, 0.3) is 0 Å². The third-order valence-corrected chi connectivity index (χ3v) is 4.86. The number of rotatable bonds is 2. The second-order valence-corrected chi connectivity index (χ2v) is 6.67. The van der Waals surface area contributed by atoms with E-state index >= 15 is 0 Å². The Morgan fingerprint density at radius 1 is 1.15 bits per heavy atom. The topological polar surface area (TPSA) is 12.0 Å². The number of nitrogens with one attached hydrogen (secondary N) is 1. The summed E-state index contributed by atoms with van der Waals surface area (Å²) in [5.74, 6) is -0.214. The molecule has 3 rings (SSSR count). The molecule has 1 N–H and O–H groups in total. The molecule has 0 spiro atoms. The third kappa shape index (κ3) is 2.69. The Hall–Kier alpha value is -1.07. The first kappa shape index (κ1) is 13.9. The van der Waals surface area contributed by atoms with E-state index in [4.69, 9.17) is 0 Å². The van der Waals surface area contributed by atoms with Gasteiger partial charge in [-0.15, -0.1) is 11.8 Å². The van der Waals surface area contributed by atoms with E-state index in [1.54, 1.807) is 11.8 Å². The molecule has 104 valence electrons. The van der Waals surface area contributed by atoms with Crippen LogP contribution >= 0.6 is 27.7 Å². The lowest BCUT2D eigenvalue weighted by Gasteiger charge is -2.27. The molecule has 0 saturated heterocycles. The van der Waals surface area contributed by atoms with Crippen LogP contribution in [0.25, 0.3) is 0 Å². The maximum Gasteiger partial charge on any atom is 0.150 e. The number of hydrogen-bond donors (Lipinski definition) is 1. The first-order valence-electron chi connectivity index (χ1n) is 6.28. The maximum absolute atomic E-state index is 13.9. The van der Waals surface area contributed by atoms with Gasteiger partial charge in [-0.2, -0.15) is 0 Å². The van der Waals surface area contributed by atoms with E-state index in [2.05, 4.69) is 21.2 Å². The van der Waals surface area contributed by atoms with Crippen LogP contribution in [0, 0.1) is 11.6 Å². The van der Waals surface area contributed by atoms with Crippen molar-refractivity contribution in [3.63, 3.8) is 0 Å².